The topological polar surface area (TPSA) is 67.8 Å². The standard InChI is InChI=1S/C17H35NO4Si/c1-16(2,3)22-15(20)18-12-11-14(19)10-9-13-21-23(7,8)17(4,5)6/h9-10,14,19H,11-13H2,1-8H3,(H,18,20)/b10-9+. The molecule has 0 aromatic heterocycles. The molecular weight excluding hydrogens is 310 g/mol. The Morgan fingerprint density at radius 1 is 1.22 bits per heavy atom. The van der Waals surface area contributed by atoms with E-state index in [1.165, 1.54) is 0 Å². The van der Waals surface area contributed by atoms with Crippen molar-refractivity contribution >= 4 is 14.4 Å². The molecule has 0 spiro atoms. The minimum Gasteiger partial charge on any atom is -0.444 e. The van der Waals surface area contributed by atoms with E-state index in [1.54, 1.807) is 6.08 Å². The van der Waals surface area contributed by atoms with E-state index in [4.69, 9.17) is 9.16 Å². The van der Waals surface area contributed by atoms with Gasteiger partial charge < -0.3 is 19.6 Å². The summed E-state index contributed by atoms with van der Waals surface area (Å²) in [6, 6.07) is 0. The van der Waals surface area contributed by atoms with Gasteiger partial charge in [-0.2, -0.15) is 0 Å². The van der Waals surface area contributed by atoms with Crippen molar-refractivity contribution in [3.8, 4) is 0 Å². The highest BCUT2D eigenvalue weighted by Crippen LogP contribution is 2.36. The molecule has 23 heavy (non-hydrogen) atoms. The summed E-state index contributed by atoms with van der Waals surface area (Å²) in [5.41, 5.74) is -0.510. The molecule has 6 heteroatoms. The van der Waals surface area contributed by atoms with Crippen molar-refractivity contribution in [1.82, 2.24) is 5.32 Å². The van der Waals surface area contributed by atoms with E-state index in [0.717, 1.165) is 0 Å². The number of hydrogen-bond acceptors (Lipinski definition) is 4. The Labute approximate surface area is 142 Å². The van der Waals surface area contributed by atoms with Crippen LogP contribution in [0.25, 0.3) is 0 Å². The fraction of sp³-hybridized carbons (Fsp3) is 0.824. The van der Waals surface area contributed by atoms with Gasteiger partial charge in [0.25, 0.3) is 0 Å². The Kier molecular flexibility index (Phi) is 8.52. The van der Waals surface area contributed by atoms with Crippen LogP contribution in [-0.2, 0) is 9.16 Å². The van der Waals surface area contributed by atoms with Crippen LogP contribution in [0.1, 0.15) is 48.0 Å². The van der Waals surface area contributed by atoms with Gasteiger partial charge in [0.2, 0.25) is 0 Å². The first-order valence-electron chi connectivity index (χ1n) is 8.20. The van der Waals surface area contributed by atoms with Gasteiger partial charge in [-0.05, 0) is 45.3 Å². The molecule has 136 valence electrons. The van der Waals surface area contributed by atoms with Gasteiger partial charge in [0.15, 0.2) is 8.32 Å². The molecule has 1 atom stereocenters. The van der Waals surface area contributed by atoms with Gasteiger partial charge in [-0.1, -0.05) is 32.9 Å². The molecule has 0 bridgehead atoms. The summed E-state index contributed by atoms with van der Waals surface area (Å²) in [5.74, 6) is 0. The largest absolute Gasteiger partial charge is 0.444 e. The Balaban J connectivity index is 3.99. The first-order chi connectivity index (χ1) is 10.2. The lowest BCUT2D eigenvalue weighted by Gasteiger charge is -2.35. The highest BCUT2D eigenvalue weighted by molar-refractivity contribution is 6.74. The van der Waals surface area contributed by atoms with E-state index in [2.05, 4.69) is 39.2 Å². The molecule has 0 saturated carbocycles. The summed E-state index contributed by atoms with van der Waals surface area (Å²) in [6.07, 6.45) is 2.93. The molecule has 0 radical (unpaired) electrons. The normalized spacial score (nSPS) is 14.8. The van der Waals surface area contributed by atoms with E-state index < -0.39 is 26.1 Å². The third-order valence-electron chi connectivity index (χ3n) is 3.81. The smallest absolute Gasteiger partial charge is 0.407 e. The summed E-state index contributed by atoms with van der Waals surface area (Å²) >= 11 is 0. The molecule has 5 nitrogen and oxygen atoms in total. The molecule has 1 amide bonds. The zero-order valence-corrected chi connectivity index (χ0v) is 17.0. The van der Waals surface area contributed by atoms with E-state index in [0.29, 0.717) is 19.6 Å². The third kappa shape index (κ3) is 10.5. The van der Waals surface area contributed by atoms with Crippen LogP contribution < -0.4 is 5.32 Å². The van der Waals surface area contributed by atoms with Crippen LogP contribution in [0.2, 0.25) is 18.1 Å². The zero-order valence-electron chi connectivity index (χ0n) is 16.0. The fourth-order valence-corrected chi connectivity index (χ4v) is 2.36. The van der Waals surface area contributed by atoms with Crippen molar-refractivity contribution in [2.24, 2.45) is 0 Å². The maximum atomic E-state index is 11.5. The van der Waals surface area contributed by atoms with Crippen LogP contribution in [0.4, 0.5) is 4.79 Å². The number of aliphatic hydroxyl groups excluding tert-OH is 1. The van der Waals surface area contributed by atoms with Crippen LogP contribution in [0.15, 0.2) is 12.2 Å². The molecular formula is C17H35NO4Si. The van der Waals surface area contributed by atoms with Crippen molar-refractivity contribution < 1.29 is 19.1 Å². The van der Waals surface area contributed by atoms with E-state index in [9.17, 15) is 9.90 Å². The first-order valence-corrected chi connectivity index (χ1v) is 11.1. The molecule has 0 rings (SSSR count). The Hall–Kier alpha value is -0.853. The van der Waals surface area contributed by atoms with Crippen LogP contribution in [0.5, 0.6) is 0 Å². The van der Waals surface area contributed by atoms with Gasteiger partial charge in [0.05, 0.1) is 12.7 Å². The summed E-state index contributed by atoms with van der Waals surface area (Å²) in [5, 5.41) is 12.7. The van der Waals surface area contributed by atoms with E-state index in [-0.39, 0.29) is 5.04 Å². The van der Waals surface area contributed by atoms with Crippen molar-refractivity contribution in [2.45, 2.75) is 77.8 Å². The van der Waals surface area contributed by atoms with Crippen molar-refractivity contribution in [3.63, 3.8) is 0 Å². The van der Waals surface area contributed by atoms with Crippen molar-refractivity contribution in [2.75, 3.05) is 13.2 Å². The van der Waals surface area contributed by atoms with Crippen molar-refractivity contribution in [3.05, 3.63) is 12.2 Å². The molecule has 0 aliphatic carbocycles. The van der Waals surface area contributed by atoms with Crippen molar-refractivity contribution in [1.29, 1.82) is 0 Å². The SMILES string of the molecule is CC(C)(C)OC(=O)NCCC(O)/C=C/CO[Si](C)(C)C(C)(C)C. The predicted molar refractivity (Wildman–Crippen MR) is 97.1 cm³/mol. The Morgan fingerprint density at radius 2 is 1.78 bits per heavy atom. The van der Waals surface area contributed by atoms with Crippen LogP contribution in [-0.4, -0.2) is 44.4 Å². The van der Waals surface area contributed by atoms with E-state index >= 15 is 0 Å². The number of amides is 1. The molecule has 0 fully saturated rings. The molecule has 2 N–H and O–H groups in total. The Bertz CT molecular complexity index is 394. The minimum atomic E-state index is -1.75. The minimum absolute atomic E-state index is 0.177. The highest BCUT2D eigenvalue weighted by Gasteiger charge is 2.36. The van der Waals surface area contributed by atoms with Gasteiger partial charge in [0, 0.05) is 6.54 Å². The molecule has 0 heterocycles. The highest BCUT2D eigenvalue weighted by atomic mass is 28.4. The maximum absolute atomic E-state index is 11.5. The zero-order chi connectivity index (χ0) is 18.3. The number of carbonyl (C=O) groups excluding carboxylic acids is 1. The number of rotatable bonds is 7. The van der Waals surface area contributed by atoms with Crippen LogP contribution in [0.3, 0.4) is 0 Å². The molecule has 0 saturated heterocycles. The number of aliphatic hydroxyl groups is 1. The van der Waals surface area contributed by atoms with E-state index in [1.807, 2.05) is 26.8 Å². The van der Waals surface area contributed by atoms with Gasteiger partial charge in [-0.25, -0.2) is 4.79 Å². The maximum Gasteiger partial charge on any atom is 0.407 e. The molecule has 0 aromatic carbocycles. The number of hydrogen-bond donors (Lipinski definition) is 2. The lowest BCUT2D eigenvalue weighted by molar-refractivity contribution is 0.0522. The van der Waals surface area contributed by atoms with Crippen LogP contribution in [0, 0.1) is 0 Å². The summed E-state index contributed by atoms with van der Waals surface area (Å²) in [6.45, 7) is 17.3. The summed E-state index contributed by atoms with van der Waals surface area (Å²) in [4.78, 5) is 11.5. The number of nitrogens with one attached hydrogen (secondary N) is 1. The first kappa shape index (κ1) is 22.1. The average molecular weight is 346 g/mol. The fourth-order valence-electron chi connectivity index (χ4n) is 1.42. The number of carbonyl (C=O) groups is 1. The lowest BCUT2D eigenvalue weighted by Crippen LogP contribution is -2.40. The quantitative estimate of drug-likeness (QED) is 0.543. The van der Waals surface area contributed by atoms with Gasteiger partial charge in [-0.3, -0.25) is 0 Å². The van der Waals surface area contributed by atoms with Gasteiger partial charge in [0.1, 0.15) is 5.60 Å². The van der Waals surface area contributed by atoms with Gasteiger partial charge in [-0.15, -0.1) is 0 Å². The second kappa shape index (κ2) is 8.85. The van der Waals surface area contributed by atoms with Crippen LogP contribution >= 0.6 is 0 Å². The lowest BCUT2D eigenvalue weighted by atomic mass is 10.2. The molecule has 0 aliphatic heterocycles. The van der Waals surface area contributed by atoms with Gasteiger partial charge >= 0.3 is 6.09 Å². The monoisotopic (exact) mass is 345 g/mol. The molecule has 0 aromatic rings. The average Bonchev–Trinajstić information content (AvgIpc) is 2.31. The second-order valence-electron chi connectivity index (χ2n) is 8.28. The summed E-state index contributed by atoms with van der Waals surface area (Å²) < 4.78 is 11.1. The second-order valence-corrected chi connectivity index (χ2v) is 13.1. The molecule has 1 unspecified atom stereocenters. The number of alkyl carbamates (subject to hydrolysis) is 1. The third-order valence-corrected chi connectivity index (χ3v) is 8.31. The molecule has 0 aliphatic rings. The Morgan fingerprint density at radius 3 is 2.26 bits per heavy atom. The predicted octanol–water partition coefficient (Wildman–Crippen LogP) is 3.84. The number of ether oxygens (including phenoxy) is 1. The summed E-state index contributed by atoms with van der Waals surface area (Å²) in [7, 11) is -1.75.